The number of nitrogens with one attached hydrogen (secondary N) is 1. The van der Waals surface area contributed by atoms with Crippen molar-refractivity contribution in [3.05, 3.63) is 71.8 Å². The van der Waals surface area contributed by atoms with E-state index in [0.29, 0.717) is 0 Å². The van der Waals surface area contributed by atoms with Gasteiger partial charge in [-0.15, -0.1) is 0 Å². The van der Waals surface area contributed by atoms with Gasteiger partial charge in [0, 0.05) is 23.9 Å². The minimum atomic E-state index is -0.656. The average molecular weight is 352 g/mol. The standard InChI is InChI=1S/C24H33NO/c1-4-12-21-23(20-15-10-7-11-16-20)25-22(19-13-8-6-9-14-19)18(3)24(21,26)17-5-2/h6-11,13-16,18,21-23,25-26H,4-5,12,17H2,1-3H3/t18-,21+,22-,23-,24-/m0/s1. The fourth-order valence-corrected chi connectivity index (χ4v) is 4.94. The van der Waals surface area contributed by atoms with E-state index in [4.69, 9.17) is 0 Å². The van der Waals surface area contributed by atoms with Crippen molar-refractivity contribution in [2.75, 3.05) is 0 Å². The van der Waals surface area contributed by atoms with Gasteiger partial charge in [-0.05, 0) is 24.0 Å². The van der Waals surface area contributed by atoms with Gasteiger partial charge in [0.05, 0.1) is 5.60 Å². The Balaban J connectivity index is 2.06. The molecular formula is C24H33NO. The molecule has 2 aromatic rings. The van der Waals surface area contributed by atoms with Gasteiger partial charge < -0.3 is 10.4 Å². The average Bonchev–Trinajstić information content (AvgIpc) is 2.68. The Morgan fingerprint density at radius 3 is 1.88 bits per heavy atom. The molecule has 0 saturated carbocycles. The second-order valence-electron chi connectivity index (χ2n) is 7.87. The van der Waals surface area contributed by atoms with Crippen LogP contribution in [0.1, 0.15) is 69.7 Å². The van der Waals surface area contributed by atoms with Gasteiger partial charge in [0.2, 0.25) is 0 Å². The number of piperidine rings is 1. The lowest BCUT2D eigenvalue weighted by Crippen LogP contribution is -2.58. The lowest BCUT2D eigenvalue weighted by atomic mass is 9.62. The largest absolute Gasteiger partial charge is 0.389 e. The van der Waals surface area contributed by atoms with E-state index in [9.17, 15) is 5.11 Å². The SMILES string of the molecule is CCC[C@@H]1[C@H](c2ccccc2)N[C@H](c2ccccc2)[C@H](C)[C@@]1(O)CCC. The summed E-state index contributed by atoms with van der Waals surface area (Å²) in [5.74, 6) is 0.395. The summed E-state index contributed by atoms with van der Waals surface area (Å²) < 4.78 is 0. The second-order valence-corrected chi connectivity index (χ2v) is 7.87. The van der Waals surface area contributed by atoms with Crippen molar-refractivity contribution in [3.8, 4) is 0 Å². The summed E-state index contributed by atoms with van der Waals surface area (Å²) in [5.41, 5.74) is 1.90. The normalized spacial score (nSPS) is 31.7. The lowest BCUT2D eigenvalue weighted by Gasteiger charge is -2.53. The van der Waals surface area contributed by atoms with Gasteiger partial charge in [0.25, 0.3) is 0 Å². The number of hydrogen-bond donors (Lipinski definition) is 2. The van der Waals surface area contributed by atoms with Crippen LogP contribution in [0.15, 0.2) is 60.7 Å². The van der Waals surface area contributed by atoms with Gasteiger partial charge in [-0.2, -0.15) is 0 Å². The molecule has 140 valence electrons. The first kappa shape index (κ1) is 19.1. The van der Waals surface area contributed by atoms with Crippen LogP contribution in [0.3, 0.4) is 0 Å². The Labute approximate surface area is 158 Å². The molecule has 0 aromatic heterocycles. The van der Waals surface area contributed by atoms with Crippen LogP contribution in [0.4, 0.5) is 0 Å². The molecule has 5 atom stereocenters. The number of benzene rings is 2. The Bertz CT molecular complexity index is 671. The van der Waals surface area contributed by atoms with E-state index in [2.05, 4.69) is 86.8 Å². The molecule has 2 nitrogen and oxygen atoms in total. The lowest BCUT2D eigenvalue weighted by molar-refractivity contribution is -0.125. The predicted octanol–water partition coefficient (Wildman–Crippen LogP) is 5.66. The minimum absolute atomic E-state index is 0.158. The van der Waals surface area contributed by atoms with E-state index in [0.717, 1.165) is 25.7 Å². The highest BCUT2D eigenvalue weighted by Crippen LogP contribution is 2.50. The molecule has 1 aliphatic rings. The summed E-state index contributed by atoms with van der Waals surface area (Å²) in [4.78, 5) is 0. The van der Waals surface area contributed by atoms with Crippen LogP contribution >= 0.6 is 0 Å². The third kappa shape index (κ3) is 3.58. The van der Waals surface area contributed by atoms with E-state index in [1.807, 2.05) is 0 Å². The first-order valence-corrected chi connectivity index (χ1v) is 10.2. The fourth-order valence-electron chi connectivity index (χ4n) is 4.94. The molecule has 0 radical (unpaired) electrons. The van der Waals surface area contributed by atoms with Crippen molar-refractivity contribution in [1.82, 2.24) is 5.32 Å². The smallest absolute Gasteiger partial charge is 0.0737 e. The summed E-state index contributed by atoms with van der Waals surface area (Å²) in [6.45, 7) is 6.64. The molecule has 0 unspecified atom stereocenters. The zero-order valence-electron chi connectivity index (χ0n) is 16.4. The van der Waals surface area contributed by atoms with Crippen LogP contribution in [0.5, 0.6) is 0 Å². The maximum atomic E-state index is 12.0. The monoisotopic (exact) mass is 351 g/mol. The van der Waals surface area contributed by atoms with Crippen LogP contribution in [-0.4, -0.2) is 10.7 Å². The van der Waals surface area contributed by atoms with E-state index >= 15 is 0 Å². The van der Waals surface area contributed by atoms with Crippen molar-refractivity contribution in [2.24, 2.45) is 11.8 Å². The molecule has 0 aliphatic carbocycles. The molecule has 2 aromatic carbocycles. The maximum Gasteiger partial charge on any atom is 0.0737 e. The highest BCUT2D eigenvalue weighted by atomic mass is 16.3. The highest BCUT2D eigenvalue weighted by molar-refractivity contribution is 5.28. The van der Waals surface area contributed by atoms with Crippen molar-refractivity contribution >= 4 is 0 Å². The van der Waals surface area contributed by atoms with Crippen LogP contribution in [0.25, 0.3) is 0 Å². The van der Waals surface area contributed by atoms with Gasteiger partial charge in [0.15, 0.2) is 0 Å². The molecule has 1 fully saturated rings. The molecule has 3 rings (SSSR count). The molecule has 1 aliphatic heterocycles. The van der Waals surface area contributed by atoms with Crippen LogP contribution in [0.2, 0.25) is 0 Å². The zero-order chi connectivity index (χ0) is 18.6. The van der Waals surface area contributed by atoms with Gasteiger partial charge >= 0.3 is 0 Å². The highest BCUT2D eigenvalue weighted by Gasteiger charge is 2.51. The molecule has 0 amide bonds. The van der Waals surface area contributed by atoms with E-state index < -0.39 is 5.60 Å². The molecule has 1 saturated heterocycles. The van der Waals surface area contributed by atoms with Gasteiger partial charge in [-0.3, -0.25) is 0 Å². The quantitative estimate of drug-likeness (QED) is 0.704. The van der Waals surface area contributed by atoms with Gasteiger partial charge in [-0.1, -0.05) is 94.3 Å². The fraction of sp³-hybridized carbons (Fsp3) is 0.500. The molecule has 0 spiro atoms. The molecule has 1 heterocycles. The van der Waals surface area contributed by atoms with E-state index in [-0.39, 0.29) is 23.9 Å². The van der Waals surface area contributed by atoms with Gasteiger partial charge in [-0.25, -0.2) is 0 Å². The maximum absolute atomic E-state index is 12.0. The molecule has 2 heteroatoms. The molecule has 2 N–H and O–H groups in total. The Morgan fingerprint density at radius 1 is 0.846 bits per heavy atom. The Hall–Kier alpha value is -1.64. The molecule has 0 bridgehead atoms. The van der Waals surface area contributed by atoms with E-state index in [1.54, 1.807) is 0 Å². The summed E-state index contributed by atoms with van der Waals surface area (Å²) in [6, 6.07) is 21.6. The summed E-state index contributed by atoms with van der Waals surface area (Å²) >= 11 is 0. The number of rotatable bonds is 6. The molecular weight excluding hydrogens is 318 g/mol. The first-order chi connectivity index (χ1) is 12.6. The zero-order valence-corrected chi connectivity index (χ0v) is 16.4. The van der Waals surface area contributed by atoms with Crippen molar-refractivity contribution < 1.29 is 5.11 Å². The van der Waals surface area contributed by atoms with Crippen molar-refractivity contribution in [1.29, 1.82) is 0 Å². The molecule has 26 heavy (non-hydrogen) atoms. The topological polar surface area (TPSA) is 32.3 Å². The third-order valence-corrected chi connectivity index (χ3v) is 6.26. The van der Waals surface area contributed by atoms with Gasteiger partial charge in [0.1, 0.15) is 0 Å². The Kier molecular flexibility index (Phi) is 6.16. The Morgan fingerprint density at radius 2 is 1.38 bits per heavy atom. The summed E-state index contributed by atoms with van der Waals surface area (Å²) in [7, 11) is 0. The van der Waals surface area contributed by atoms with Crippen molar-refractivity contribution in [2.45, 2.75) is 64.1 Å². The van der Waals surface area contributed by atoms with Crippen LogP contribution < -0.4 is 5.32 Å². The second kappa shape index (κ2) is 8.37. The number of hydrogen-bond acceptors (Lipinski definition) is 2. The van der Waals surface area contributed by atoms with Crippen LogP contribution in [-0.2, 0) is 0 Å². The predicted molar refractivity (Wildman–Crippen MR) is 109 cm³/mol. The summed E-state index contributed by atoms with van der Waals surface area (Å²) in [6.07, 6.45) is 3.98. The minimum Gasteiger partial charge on any atom is -0.389 e. The summed E-state index contributed by atoms with van der Waals surface area (Å²) in [5, 5.41) is 15.9. The van der Waals surface area contributed by atoms with Crippen LogP contribution in [0, 0.1) is 11.8 Å². The first-order valence-electron chi connectivity index (χ1n) is 10.2. The van der Waals surface area contributed by atoms with E-state index in [1.165, 1.54) is 11.1 Å². The number of aliphatic hydroxyl groups is 1. The third-order valence-electron chi connectivity index (χ3n) is 6.26. The van der Waals surface area contributed by atoms with Crippen molar-refractivity contribution in [3.63, 3.8) is 0 Å².